The van der Waals surface area contributed by atoms with Crippen molar-refractivity contribution in [3.8, 4) is 0 Å². The van der Waals surface area contributed by atoms with E-state index in [0.29, 0.717) is 24.2 Å². The molecule has 32 heavy (non-hydrogen) atoms. The van der Waals surface area contributed by atoms with Crippen molar-refractivity contribution in [1.29, 1.82) is 0 Å². The molecular weight excluding hydrogens is 406 g/mol. The predicted octanol–water partition coefficient (Wildman–Crippen LogP) is 3.35. The van der Waals surface area contributed by atoms with Crippen LogP contribution in [-0.2, 0) is 11.3 Å². The van der Waals surface area contributed by atoms with E-state index in [4.69, 9.17) is 4.74 Å². The molecule has 1 heterocycles. The highest BCUT2D eigenvalue weighted by molar-refractivity contribution is 6.02. The van der Waals surface area contributed by atoms with Gasteiger partial charge >= 0.3 is 6.09 Å². The molecule has 0 radical (unpaired) electrons. The van der Waals surface area contributed by atoms with Gasteiger partial charge < -0.3 is 15.0 Å². The summed E-state index contributed by atoms with van der Waals surface area (Å²) < 4.78 is 5.44. The molecule has 0 spiro atoms. The molecule has 2 aromatic rings. The number of hydrogen-bond acceptors (Lipinski definition) is 5. The van der Waals surface area contributed by atoms with Gasteiger partial charge in [0, 0.05) is 43.9 Å². The molecule has 7 heteroatoms. The average Bonchev–Trinajstić information content (AvgIpc) is 2.77. The smallest absolute Gasteiger partial charge is 0.410 e. The van der Waals surface area contributed by atoms with Gasteiger partial charge in [-0.2, -0.15) is 0 Å². The molecule has 2 aromatic carbocycles. The van der Waals surface area contributed by atoms with E-state index >= 15 is 0 Å². The monoisotopic (exact) mass is 437 g/mol. The predicted molar refractivity (Wildman–Crippen MR) is 123 cm³/mol. The fraction of sp³-hybridized carbons (Fsp3) is 0.400. The number of carbonyl (C=O) groups excluding carboxylic acids is 3. The lowest BCUT2D eigenvalue weighted by Gasteiger charge is -2.35. The zero-order chi connectivity index (χ0) is 23.1. The number of Topliss-reactive ketones (excluding diaryl/α,β-unsaturated/α-hetero) is 1. The van der Waals surface area contributed by atoms with Crippen molar-refractivity contribution >= 4 is 17.8 Å². The Morgan fingerprint density at radius 3 is 2.09 bits per heavy atom. The van der Waals surface area contributed by atoms with E-state index < -0.39 is 5.60 Å². The Labute approximate surface area is 189 Å². The lowest BCUT2D eigenvalue weighted by molar-refractivity contribution is 0.0139. The molecule has 1 aliphatic rings. The summed E-state index contributed by atoms with van der Waals surface area (Å²) in [5.74, 6) is -0.395. The van der Waals surface area contributed by atoms with E-state index in [1.54, 1.807) is 41.3 Å². The van der Waals surface area contributed by atoms with E-state index in [2.05, 4.69) is 10.2 Å². The van der Waals surface area contributed by atoms with Gasteiger partial charge in [0.1, 0.15) is 5.60 Å². The number of nitrogens with zero attached hydrogens (tertiary/aromatic N) is 2. The normalized spacial score (nSPS) is 14.7. The molecule has 0 aromatic heterocycles. The maximum absolute atomic E-state index is 12.4. The minimum atomic E-state index is -0.489. The Morgan fingerprint density at radius 1 is 0.875 bits per heavy atom. The van der Waals surface area contributed by atoms with Crippen molar-refractivity contribution in [3.05, 3.63) is 71.3 Å². The first-order valence-corrected chi connectivity index (χ1v) is 10.9. The van der Waals surface area contributed by atoms with E-state index in [1.165, 1.54) is 0 Å². The van der Waals surface area contributed by atoms with Gasteiger partial charge in [-0.1, -0.05) is 42.5 Å². The zero-order valence-corrected chi connectivity index (χ0v) is 19.0. The maximum atomic E-state index is 12.4. The van der Waals surface area contributed by atoms with Crippen LogP contribution in [0.4, 0.5) is 4.79 Å². The standard InChI is InChI=1S/C25H31N3O4/c1-25(2,3)32-24(31)28-15-13-27(14-16-28)18-19-9-11-21(12-10-19)23(30)26-17-22(29)20-7-5-4-6-8-20/h4-12H,13-18H2,1-3H3,(H,26,30). The summed E-state index contributed by atoms with van der Waals surface area (Å²) in [6.45, 7) is 9.11. The highest BCUT2D eigenvalue weighted by Gasteiger charge is 2.25. The van der Waals surface area contributed by atoms with Crippen LogP contribution < -0.4 is 5.32 Å². The van der Waals surface area contributed by atoms with Crippen molar-refractivity contribution < 1.29 is 19.1 Å². The molecule has 1 fully saturated rings. The van der Waals surface area contributed by atoms with E-state index in [1.807, 2.05) is 39.0 Å². The summed E-state index contributed by atoms with van der Waals surface area (Å²) >= 11 is 0. The first-order chi connectivity index (χ1) is 15.2. The van der Waals surface area contributed by atoms with Crippen LogP contribution in [0.5, 0.6) is 0 Å². The molecule has 1 saturated heterocycles. The highest BCUT2D eigenvalue weighted by atomic mass is 16.6. The first kappa shape index (κ1) is 23.5. The molecule has 1 aliphatic heterocycles. The van der Waals surface area contributed by atoms with Gasteiger partial charge in [0.05, 0.1) is 6.54 Å². The average molecular weight is 438 g/mol. The number of benzene rings is 2. The van der Waals surface area contributed by atoms with Gasteiger partial charge in [-0.25, -0.2) is 4.79 Å². The Hall–Kier alpha value is -3.19. The summed E-state index contributed by atoms with van der Waals surface area (Å²) in [7, 11) is 0. The van der Waals surface area contributed by atoms with E-state index in [9.17, 15) is 14.4 Å². The number of rotatable bonds is 6. The molecular formula is C25H31N3O4. The molecule has 0 atom stereocenters. The lowest BCUT2D eigenvalue weighted by atomic mass is 10.1. The Bertz CT molecular complexity index is 928. The number of carbonyl (C=O) groups is 3. The van der Waals surface area contributed by atoms with Crippen molar-refractivity contribution in [2.45, 2.75) is 32.9 Å². The number of piperazine rings is 1. The summed E-state index contributed by atoms with van der Waals surface area (Å²) in [5, 5.41) is 2.68. The molecule has 0 saturated carbocycles. The number of ether oxygens (including phenoxy) is 1. The topological polar surface area (TPSA) is 79.0 Å². The van der Waals surface area contributed by atoms with Crippen LogP contribution in [0.25, 0.3) is 0 Å². The molecule has 7 nitrogen and oxygen atoms in total. The van der Waals surface area contributed by atoms with Crippen LogP contribution in [0, 0.1) is 0 Å². The van der Waals surface area contributed by atoms with Crippen LogP contribution >= 0.6 is 0 Å². The zero-order valence-electron chi connectivity index (χ0n) is 19.0. The second kappa shape index (κ2) is 10.4. The van der Waals surface area contributed by atoms with Crippen LogP contribution in [0.1, 0.15) is 47.1 Å². The van der Waals surface area contributed by atoms with Crippen molar-refractivity contribution in [2.75, 3.05) is 32.7 Å². The third-order valence-electron chi connectivity index (χ3n) is 5.15. The lowest BCUT2D eigenvalue weighted by Crippen LogP contribution is -2.49. The van der Waals surface area contributed by atoms with Crippen molar-refractivity contribution in [1.82, 2.24) is 15.1 Å². The fourth-order valence-corrected chi connectivity index (χ4v) is 3.42. The SMILES string of the molecule is CC(C)(C)OC(=O)N1CCN(Cc2ccc(C(=O)NCC(=O)c3ccccc3)cc2)CC1. The molecule has 0 bridgehead atoms. The highest BCUT2D eigenvalue weighted by Crippen LogP contribution is 2.14. The summed E-state index contributed by atoms with van der Waals surface area (Å²) in [6.07, 6.45) is -0.265. The second-order valence-corrected chi connectivity index (χ2v) is 8.91. The Kier molecular flexibility index (Phi) is 7.64. The van der Waals surface area contributed by atoms with Crippen LogP contribution in [-0.4, -0.2) is 65.9 Å². The molecule has 170 valence electrons. The van der Waals surface area contributed by atoms with Gasteiger partial charge in [-0.3, -0.25) is 14.5 Å². The Balaban J connectivity index is 1.44. The maximum Gasteiger partial charge on any atom is 0.410 e. The molecule has 0 unspecified atom stereocenters. The van der Waals surface area contributed by atoms with Crippen molar-refractivity contribution in [3.63, 3.8) is 0 Å². The molecule has 2 amide bonds. The Morgan fingerprint density at radius 2 is 1.50 bits per heavy atom. The number of amides is 2. The van der Waals surface area contributed by atoms with Crippen molar-refractivity contribution in [2.24, 2.45) is 0 Å². The van der Waals surface area contributed by atoms with Gasteiger partial charge in [0.15, 0.2) is 5.78 Å². The summed E-state index contributed by atoms with van der Waals surface area (Å²) in [4.78, 5) is 40.7. The van der Waals surface area contributed by atoms with Gasteiger partial charge in [0.2, 0.25) is 0 Å². The summed E-state index contributed by atoms with van der Waals surface area (Å²) in [6, 6.07) is 16.3. The van der Waals surface area contributed by atoms with E-state index in [0.717, 1.165) is 25.2 Å². The minimum absolute atomic E-state index is 0.0352. The number of nitrogens with one attached hydrogen (secondary N) is 1. The second-order valence-electron chi connectivity index (χ2n) is 8.91. The van der Waals surface area contributed by atoms with Gasteiger partial charge in [-0.05, 0) is 38.5 Å². The molecule has 3 rings (SSSR count). The fourth-order valence-electron chi connectivity index (χ4n) is 3.42. The van der Waals surface area contributed by atoms with Crippen LogP contribution in [0.3, 0.4) is 0 Å². The third kappa shape index (κ3) is 6.92. The van der Waals surface area contributed by atoms with E-state index in [-0.39, 0.29) is 24.3 Å². The number of ketones is 1. The minimum Gasteiger partial charge on any atom is -0.444 e. The van der Waals surface area contributed by atoms with Gasteiger partial charge in [0.25, 0.3) is 5.91 Å². The molecule has 1 N–H and O–H groups in total. The third-order valence-corrected chi connectivity index (χ3v) is 5.15. The summed E-state index contributed by atoms with van der Waals surface area (Å²) in [5.41, 5.74) is 1.70. The quantitative estimate of drug-likeness (QED) is 0.701. The molecule has 0 aliphatic carbocycles. The van der Waals surface area contributed by atoms with Crippen LogP contribution in [0.2, 0.25) is 0 Å². The number of hydrogen-bond donors (Lipinski definition) is 1. The largest absolute Gasteiger partial charge is 0.444 e. The van der Waals surface area contributed by atoms with Gasteiger partial charge in [-0.15, -0.1) is 0 Å². The van der Waals surface area contributed by atoms with Crippen LogP contribution in [0.15, 0.2) is 54.6 Å². The first-order valence-electron chi connectivity index (χ1n) is 10.9.